The van der Waals surface area contributed by atoms with E-state index in [0.29, 0.717) is 0 Å². The molecule has 3 aliphatic carbocycles. The van der Waals surface area contributed by atoms with Crippen LogP contribution in [0.2, 0.25) is 0 Å². The van der Waals surface area contributed by atoms with Gasteiger partial charge in [-0.15, -0.1) is 0 Å². The summed E-state index contributed by atoms with van der Waals surface area (Å²) in [6, 6.07) is 9.11. The molecule has 0 aliphatic heterocycles. The van der Waals surface area contributed by atoms with E-state index >= 15 is 0 Å². The van der Waals surface area contributed by atoms with Crippen molar-refractivity contribution < 1.29 is 0 Å². The fourth-order valence-corrected chi connectivity index (χ4v) is 4.44. The van der Waals surface area contributed by atoms with Gasteiger partial charge < -0.3 is 0 Å². The number of hydrogen-bond donors (Lipinski definition) is 0. The van der Waals surface area contributed by atoms with E-state index in [1.54, 1.807) is 16.7 Å². The molecule has 0 bridgehead atoms. The van der Waals surface area contributed by atoms with Crippen molar-refractivity contribution in [3.63, 3.8) is 0 Å². The summed E-state index contributed by atoms with van der Waals surface area (Å²) in [5, 5.41) is 0. The molecule has 1 atom stereocenters. The molecule has 1 aromatic carbocycles. The molecule has 1 aromatic rings. The van der Waals surface area contributed by atoms with Gasteiger partial charge in [-0.25, -0.2) is 0 Å². The van der Waals surface area contributed by atoms with E-state index < -0.39 is 0 Å². The molecule has 108 valence electrons. The first-order valence-electron chi connectivity index (χ1n) is 8.57. The van der Waals surface area contributed by atoms with Gasteiger partial charge in [0.1, 0.15) is 0 Å². The highest BCUT2D eigenvalue weighted by Crippen LogP contribution is 2.46. The predicted octanol–water partition coefficient (Wildman–Crippen LogP) is 6.02. The number of rotatable bonds is 2. The van der Waals surface area contributed by atoms with E-state index in [4.69, 9.17) is 0 Å². The lowest BCUT2D eigenvalue weighted by molar-refractivity contribution is 0.301. The smallest absolute Gasteiger partial charge is 0.00871 e. The van der Waals surface area contributed by atoms with Crippen LogP contribution in [0, 0.1) is 5.92 Å². The molecule has 0 aromatic heterocycles. The van der Waals surface area contributed by atoms with Gasteiger partial charge in [-0.3, -0.25) is 0 Å². The molecule has 1 fully saturated rings. The number of benzene rings is 1. The minimum absolute atomic E-state index is 0.753. The third kappa shape index (κ3) is 2.52. The van der Waals surface area contributed by atoms with Crippen LogP contribution in [-0.2, 0) is 0 Å². The second-order valence-electron chi connectivity index (χ2n) is 6.83. The van der Waals surface area contributed by atoms with Crippen LogP contribution in [0.5, 0.6) is 0 Å². The van der Waals surface area contributed by atoms with E-state index in [1.165, 1.54) is 44.1 Å². The summed E-state index contributed by atoms with van der Waals surface area (Å²) in [5.41, 5.74) is 6.22. The minimum Gasteiger partial charge on any atom is -0.0801 e. The Kier molecular flexibility index (Phi) is 3.55. The fourth-order valence-electron chi connectivity index (χ4n) is 4.44. The maximum atomic E-state index is 2.45. The summed E-state index contributed by atoms with van der Waals surface area (Å²) in [6.07, 6.45) is 18.8. The maximum Gasteiger partial charge on any atom is -0.00871 e. The van der Waals surface area contributed by atoms with Crippen LogP contribution in [0.1, 0.15) is 62.0 Å². The van der Waals surface area contributed by atoms with Crippen molar-refractivity contribution in [2.45, 2.75) is 50.9 Å². The summed E-state index contributed by atoms with van der Waals surface area (Å²) < 4.78 is 0. The Morgan fingerprint density at radius 1 is 0.905 bits per heavy atom. The molecular formula is C21H24. The van der Waals surface area contributed by atoms with Crippen molar-refractivity contribution in [3.8, 4) is 0 Å². The predicted molar refractivity (Wildman–Crippen MR) is 90.2 cm³/mol. The van der Waals surface area contributed by atoms with Gasteiger partial charge in [0, 0.05) is 0 Å². The molecule has 0 spiro atoms. The van der Waals surface area contributed by atoms with Crippen molar-refractivity contribution >= 4 is 6.08 Å². The zero-order valence-corrected chi connectivity index (χ0v) is 12.7. The van der Waals surface area contributed by atoms with Crippen molar-refractivity contribution in [3.05, 3.63) is 64.8 Å². The summed E-state index contributed by atoms with van der Waals surface area (Å²) in [5.74, 6) is 1.65. The lowest BCUT2D eigenvalue weighted by Crippen LogP contribution is -2.20. The molecule has 0 heteroatoms. The molecule has 3 aliphatic rings. The molecule has 0 heterocycles. The van der Waals surface area contributed by atoms with Crippen molar-refractivity contribution in [2.75, 3.05) is 0 Å². The summed E-state index contributed by atoms with van der Waals surface area (Å²) in [7, 11) is 0. The molecular weight excluding hydrogens is 252 g/mol. The zero-order chi connectivity index (χ0) is 14.1. The van der Waals surface area contributed by atoms with Gasteiger partial charge >= 0.3 is 0 Å². The largest absolute Gasteiger partial charge is 0.0801 e. The minimum atomic E-state index is 0.753. The third-order valence-corrected chi connectivity index (χ3v) is 5.57. The quantitative estimate of drug-likeness (QED) is 0.619. The van der Waals surface area contributed by atoms with E-state index in [9.17, 15) is 0 Å². The molecule has 0 N–H and O–H groups in total. The maximum absolute atomic E-state index is 2.45. The van der Waals surface area contributed by atoms with Gasteiger partial charge in [0.2, 0.25) is 0 Å². The molecule has 0 nitrogen and oxygen atoms in total. The van der Waals surface area contributed by atoms with E-state index in [1.807, 2.05) is 0 Å². The van der Waals surface area contributed by atoms with Gasteiger partial charge in [0.25, 0.3) is 0 Å². The van der Waals surface area contributed by atoms with Crippen LogP contribution in [0.3, 0.4) is 0 Å². The SMILES string of the molecule is C1=CCC(C2=Cc3ccccc3C(C3CCCCC3)C2)=C1. The Hall–Kier alpha value is -1.56. The van der Waals surface area contributed by atoms with Gasteiger partial charge in [-0.05, 0) is 59.8 Å². The molecule has 0 radical (unpaired) electrons. The molecule has 4 rings (SSSR count). The Morgan fingerprint density at radius 3 is 2.57 bits per heavy atom. The highest BCUT2D eigenvalue weighted by Gasteiger charge is 2.30. The van der Waals surface area contributed by atoms with Crippen LogP contribution in [0.15, 0.2) is 53.6 Å². The van der Waals surface area contributed by atoms with Crippen LogP contribution >= 0.6 is 0 Å². The molecule has 0 amide bonds. The lowest BCUT2D eigenvalue weighted by atomic mass is 9.70. The number of fused-ring (bicyclic) bond motifs is 1. The van der Waals surface area contributed by atoms with Gasteiger partial charge in [-0.1, -0.05) is 67.8 Å². The Morgan fingerprint density at radius 2 is 1.76 bits per heavy atom. The molecule has 0 saturated heterocycles. The average Bonchev–Trinajstić information content (AvgIpc) is 3.09. The highest BCUT2D eigenvalue weighted by atomic mass is 14.3. The van der Waals surface area contributed by atoms with E-state index in [2.05, 4.69) is 48.6 Å². The molecule has 21 heavy (non-hydrogen) atoms. The van der Waals surface area contributed by atoms with Crippen LogP contribution < -0.4 is 0 Å². The lowest BCUT2D eigenvalue weighted by Gasteiger charge is -2.35. The highest BCUT2D eigenvalue weighted by molar-refractivity contribution is 5.66. The zero-order valence-electron chi connectivity index (χ0n) is 12.7. The van der Waals surface area contributed by atoms with Crippen LogP contribution in [-0.4, -0.2) is 0 Å². The number of hydrogen-bond acceptors (Lipinski definition) is 0. The fraction of sp³-hybridized carbons (Fsp3) is 0.429. The summed E-state index contributed by atoms with van der Waals surface area (Å²) in [4.78, 5) is 0. The Bertz CT molecular complexity index is 609. The second-order valence-corrected chi connectivity index (χ2v) is 6.83. The molecule has 1 saturated carbocycles. The van der Waals surface area contributed by atoms with Crippen LogP contribution in [0.4, 0.5) is 0 Å². The molecule has 1 unspecified atom stereocenters. The monoisotopic (exact) mass is 276 g/mol. The van der Waals surface area contributed by atoms with Gasteiger partial charge in [0.15, 0.2) is 0 Å². The van der Waals surface area contributed by atoms with Gasteiger partial charge in [-0.2, -0.15) is 0 Å². The number of allylic oxidation sites excluding steroid dienone is 5. The summed E-state index contributed by atoms with van der Waals surface area (Å²) in [6.45, 7) is 0. The third-order valence-electron chi connectivity index (χ3n) is 5.57. The average molecular weight is 276 g/mol. The van der Waals surface area contributed by atoms with E-state index in [-0.39, 0.29) is 0 Å². The van der Waals surface area contributed by atoms with E-state index in [0.717, 1.165) is 18.3 Å². The first-order valence-corrected chi connectivity index (χ1v) is 8.57. The van der Waals surface area contributed by atoms with Crippen molar-refractivity contribution in [2.24, 2.45) is 5.92 Å². The Balaban J connectivity index is 1.69. The second kappa shape index (κ2) is 5.67. The summed E-state index contributed by atoms with van der Waals surface area (Å²) >= 11 is 0. The Labute approximate surface area is 128 Å². The van der Waals surface area contributed by atoms with Crippen LogP contribution in [0.25, 0.3) is 6.08 Å². The van der Waals surface area contributed by atoms with Crippen molar-refractivity contribution in [1.29, 1.82) is 0 Å². The first kappa shape index (κ1) is 13.1. The topological polar surface area (TPSA) is 0 Å². The van der Waals surface area contributed by atoms with Crippen molar-refractivity contribution in [1.82, 2.24) is 0 Å². The van der Waals surface area contributed by atoms with Gasteiger partial charge in [0.05, 0.1) is 0 Å². The standard InChI is InChI=1S/C21H24/c1-2-10-17(11-3-1)21-15-19(16-8-4-5-9-16)14-18-12-6-7-13-20(18)21/h4-8,12-14,17,21H,1-3,9-11,15H2. The normalized spacial score (nSPS) is 25.4. The first-order chi connectivity index (χ1) is 10.4.